The molecule has 1 aromatic rings. The summed E-state index contributed by atoms with van der Waals surface area (Å²) in [6.45, 7) is 10.2. The van der Waals surface area contributed by atoms with Gasteiger partial charge in [0.15, 0.2) is 0 Å². The first kappa shape index (κ1) is 18.3. The third kappa shape index (κ3) is 7.88. The van der Waals surface area contributed by atoms with Gasteiger partial charge in [0.05, 0.1) is 6.61 Å². The van der Waals surface area contributed by atoms with Crippen LogP contribution in [0.15, 0.2) is 24.3 Å². The number of anilines is 1. The summed E-state index contributed by atoms with van der Waals surface area (Å²) in [6, 6.07) is 8.09. The molecule has 5 heteroatoms. The highest BCUT2D eigenvalue weighted by Gasteiger charge is 2.15. The first-order valence-electron chi connectivity index (χ1n) is 7.78. The van der Waals surface area contributed by atoms with E-state index in [2.05, 4.69) is 16.7 Å². The second-order valence-corrected chi connectivity index (χ2v) is 6.00. The summed E-state index contributed by atoms with van der Waals surface area (Å²) in [5, 5.41) is 6.12. The van der Waals surface area contributed by atoms with Crippen LogP contribution in [0.25, 0.3) is 0 Å². The Hall–Kier alpha value is -1.75. The van der Waals surface area contributed by atoms with Gasteiger partial charge >= 0.3 is 6.09 Å². The second-order valence-electron chi connectivity index (χ2n) is 6.00. The molecule has 5 nitrogen and oxygen atoms in total. The number of hydrogen-bond donors (Lipinski definition) is 2. The first-order chi connectivity index (χ1) is 10.4. The maximum absolute atomic E-state index is 11.5. The summed E-state index contributed by atoms with van der Waals surface area (Å²) in [5.41, 5.74) is 1.76. The Labute approximate surface area is 133 Å². The molecular weight excluding hydrogens is 280 g/mol. The topological polar surface area (TPSA) is 59.6 Å². The lowest BCUT2D eigenvalue weighted by Crippen LogP contribution is -2.33. The van der Waals surface area contributed by atoms with Crippen LogP contribution in [-0.2, 0) is 16.1 Å². The highest BCUT2D eigenvalue weighted by atomic mass is 16.6. The number of rotatable bonds is 8. The standard InChI is InChI=1S/C17H28N2O3/c1-5-21-13-14-9-6-7-10-15(14)18-11-8-12-19-16(20)22-17(2,3)4/h6-7,9-10,18H,5,8,11-13H2,1-4H3,(H,19,20). The Kier molecular flexibility index (Phi) is 7.74. The molecule has 22 heavy (non-hydrogen) atoms. The Morgan fingerprint density at radius 1 is 1.18 bits per heavy atom. The largest absolute Gasteiger partial charge is 0.444 e. The van der Waals surface area contributed by atoms with Crippen LogP contribution in [0.2, 0.25) is 0 Å². The van der Waals surface area contributed by atoms with E-state index in [1.54, 1.807) is 0 Å². The van der Waals surface area contributed by atoms with Crippen LogP contribution in [-0.4, -0.2) is 31.4 Å². The van der Waals surface area contributed by atoms with Crippen molar-refractivity contribution in [2.45, 2.75) is 46.3 Å². The van der Waals surface area contributed by atoms with Gasteiger partial charge in [0, 0.05) is 30.9 Å². The van der Waals surface area contributed by atoms with E-state index in [1.165, 1.54) is 0 Å². The lowest BCUT2D eigenvalue weighted by Gasteiger charge is -2.19. The van der Waals surface area contributed by atoms with E-state index in [1.807, 2.05) is 45.9 Å². The number of ether oxygens (including phenoxy) is 2. The Morgan fingerprint density at radius 3 is 2.59 bits per heavy atom. The molecular formula is C17H28N2O3. The maximum Gasteiger partial charge on any atom is 0.407 e. The van der Waals surface area contributed by atoms with Gasteiger partial charge in [-0.15, -0.1) is 0 Å². The molecule has 0 aromatic heterocycles. The van der Waals surface area contributed by atoms with Crippen molar-refractivity contribution >= 4 is 11.8 Å². The highest BCUT2D eigenvalue weighted by Crippen LogP contribution is 2.15. The van der Waals surface area contributed by atoms with Gasteiger partial charge in [-0.2, -0.15) is 0 Å². The molecule has 0 saturated heterocycles. The molecule has 0 saturated carbocycles. The van der Waals surface area contributed by atoms with Crippen LogP contribution in [0.5, 0.6) is 0 Å². The fourth-order valence-electron chi connectivity index (χ4n) is 1.85. The smallest absolute Gasteiger partial charge is 0.407 e. The molecule has 0 heterocycles. The van der Waals surface area contributed by atoms with Crippen molar-refractivity contribution in [2.75, 3.05) is 25.0 Å². The summed E-state index contributed by atoms with van der Waals surface area (Å²) in [4.78, 5) is 11.5. The normalized spacial score (nSPS) is 11.1. The minimum Gasteiger partial charge on any atom is -0.444 e. The van der Waals surface area contributed by atoms with E-state index < -0.39 is 5.60 Å². The zero-order chi connectivity index (χ0) is 16.4. The van der Waals surface area contributed by atoms with Gasteiger partial charge in [0.1, 0.15) is 5.60 Å². The van der Waals surface area contributed by atoms with Crippen LogP contribution in [0.3, 0.4) is 0 Å². The van der Waals surface area contributed by atoms with E-state index in [4.69, 9.17) is 9.47 Å². The molecule has 1 rings (SSSR count). The van der Waals surface area contributed by atoms with Crippen LogP contribution >= 0.6 is 0 Å². The van der Waals surface area contributed by atoms with Gasteiger partial charge in [0.25, 0.3) is 0 Å². The van der Waals surface area contributed by atoms with Crippen LogP contribution in [0.1, 0.15) is 39.7 Å². The molecule has 2 N–H and O–H groups in total. The van der Waals surface area contributed by atoms with Gasteiger partial charge in [-0.25, -0.2) is 4.79 Å². The van der Waals surface area contributed by atoms with Crippen molar-refractivity contribution in [3.8, 4) is 0 Å². The lowest BCUT2D eigenvalue weighted by molar-refractivity contribution is 0.0528. The number of benzene rings is 1. The summed E-state index contributed by atoms with van der Waals surface area (Å²) in [7, 11) is 0. The van der Waals surface area contributed by atoms with Crippen molar-refractivity contribution in [1.82, 2.24) is 5.32 Å². The number of amides is 1. The molecule has 0 spiro atoms. The molecule has 1 amide bonds. The predicted molar refractivity (Wildman–Crippen MR) is 89.1 cm³/mol. The van der Waals surface area contributed by atoms with E-state index in [9.17, 15) is 4.79 Å². The van der Waals surface area contributed by atoms with Crippen LogP contribution < -0.4 is 10.6 Å². The van der Waals surface area contributed by atoms with Gasteiger partial charge in [0.2, 0.25) is 0 Å². The molecule has 1 aromatic carbocycles. The summed E-state index contributed by atoms with van der Waals surface area (Å²) >= 11 is 0. The molecule has 0 aliphatic heterocycles. The second kappa shape index (κ2) is 9.30. The zero-order valence-electron chi connectivity index (χ0n) is 14.1. The Bertz CT molecular complexity index is 455. The summed E-state index contributed by atoms with van der Waals surface area (Å²) in [6.07, 6.45) is 0.451. The molecule has 0 aliphatic rings. The number of hydrogen-bond acceptors (Lipinski definition) is 4. The van der Waals surface area contributed by atoms with Gasteiger partial charge < -0.3 is 20.1 Å². The highest BCUT2D eigenvalue weighted by molar-refractivity contribution is 5.67. The first-order valence-corrected chi connectivity index (χ1v) is 7.78. The fourth-order valence-corrected chi connectivity index (χ4v) is 1.85. The Balaban J connectivity index is 2.26. The molecule has 0 aliphatic carbocycles. The number of alkyl carbamates (subject to hydrolysis) is 1. The molecule has 0 unspecified atom stereocenters. The lowest BCUT2D eigenvalue weighted by atomic mass is 10.2. The molecule has 0 radical (unpaired) electrons. The third-order valence-electron chi connectivity index (χ3n) is 2.82. The van der Waals surface area contributed by atoms with Crippen LogP contribution in [0, 0.1) is 0 Å². The maximum atomic E-state index is 11.5. The van der Waals surface area contributed by atoms with Crippen molar-refractivity contribution in [2.24, 2.45) is 0 Å². The zero-order valence-corrected chi connectivity index (χ0v) is 14.1. The quantitative estimate of drug-likeness (QED) is 0.721. The summed E-state index contributed by atoms with van der Waals surface area (Å²) in [5.74, 6) is 0. The van der Waals surface area contributed by atoms with Crippen molar-refractivity contribution in [1.29, 1.82) is 0 Å². The monoisotopic (exact) mass is 308 g/mol. The fraction of sp³-hybridized carbons (Fsp3) is 0.588. The molecule has 0 atom stereocenters. The van der Waals surface area contributed by atoms with E-state index >= 15 is 0 Å². The van der Waals surface area contributed by atoms with Gasteiger partial charge in [-0.1, -0.05) is 18.2 Å². The van der Waals surface area contributed by atoms with Gasteiger partial charge in [-0.3, -0.25) is 0 Å². The van der Waals surface area contributed by atoms with Crippen molar-refractivity contribution in [3.05, 3.63) is 29.8 Å². The Morgan fingerprint density at radius 2 is 1.91 bits per heavy atom. The molecule has 124 valence electrons. The average molecular weight is 308 g/mol. The number of carbonyl (C=O) groups excluding carboxylic acids is 1. The minimum atomic E-state index is -0.458. The number of nitrogens with one attached hydrogen (secondary N) is 2. The third-order valence-corrected chi connectivity index (χ3v) is 2.82. The minimum absolute atomic E-state index is 0.371. The van der Waals surface area contributed by atoms with E-state index in [0.29, 0.717) is 19.8 Å². The summed E-state index contributed by atoms with van der Waals surface area (Å²) < 4.78 is 10.6. The van der Waals surface area contributed by atoms with Crippen molar-refractivity contribution < 1.29 is 14.3 Å². The van der Waals surface area contributed by atoms with E-state index in [0.717, 1.165) is 24.2 Å². The average Bonchev–Trinajstić information content (AvgIpc) is 2.44. The van der Waals surface area contributed by atoms with Gasteiger partial charge in [-0.05, 0) is 40.2 Å². The van der Waals surface area contributed by atoms with Crippen molar-refractivity contribution in [3.63, 3.8) is 0 Å². The molecule has 0 fully saturated rings. The number of para-hydroxylation sites is 1. The van der Waals surface area contributed by atoms with Crippen LogP contribution in [0.4, 0.5) is 10.5 Å². The SMILES string of the molecule is CCOCc1ccccc1NCCCNC(=O)OC(C)(C)C. The number of carbonyl (C=O) groups is 1. The van der Waals surface area contributed by atoms with E-state index in [-0.39, 0.29) is 6.09 Å². The molecule has 0 bridgehead atoms. The predicted octanol–water partition coefficient (Wildman–Crippen LogP) is 3.55.